The molecule has 0 amide bonds. The van der Waals surface area contributed by atoms with Crippen molar-refractivity contribution in [3.05, 3.63) is 114 Å². The summed E-state index contributed by atoms with van der Waals surface area (Å²) in [5.74, 6) is 0. The first-order valence-corrected chi connectivity index (χ1v) is 8.02. The van der Waals surface area contributed by atoms with Crippen LogP contribution in [0.2, 0.25) is 0 Å². The molecule has 3 aromatic carbocycles. The van der Waals surface area contributed by atoms with E-state index in [0.29, 0.717) is 0 Å². The maximum absolute atomic E-state index is 4.63. The van der Waals surface area contributed by atoms with E-state index >= 15 is 0 Å². The summed E-state index contributed by atoms with van der Waals surface area (Å²) < 4.78 is 0. The average molecular weight is 307 g/mol. The van der Waals surface area contributed by atoms with Crippen LogP contribution in [0, 0.1) is 0 Å². The Morgan fingerprint density at radius 1 is 0.750 bits per heavy atom. The smallest absolute Gasteiger partial charge is 0.0737 e. The summed E-state index contributed by atoms with van der Waals surface area (Å²) in [6.07, 6.45) is 4.17. The van der Waals surface area contributed by atoms with Crippen LogP contribution in [0.25, 0.3) is 11.6 Å². The van der Waals surface area contributed by atoms with Gasteiger partial charge in [-0.25, -0.2) is 4.99 Å². The molecule has 24 heavy (non-hydrogen) atoms. The predicted octanol–water partition coefficient (Wildman–Crippen LogP) is 5.90. The summed E-state index contributed by atoms with van der Waals surface area (Å²) in [6.45, 7) is 4.22. The molecule has 114 valence electrons. The van der Waals surface area contributed by atoms with Crippen molar-refractivity contribution in [3.8, 4) is 0 Å². The van der Waals surface area contributed by atoms with Gasteiger partial charge in [-0.2, -0.15) is 0 Å². The molecule has 1 heteroatoms. The van der Waals surface area contributed by atoms with Gasteiger partial charge in [0.1, 0.15) is 0 Å². The Labute approximate surface area is 142 Å². The van der Waals surface area contributed by atoms with Crippen LogP contribution >= 0.6 is 0 Å². The molecule has 0 bridgehead atoms. The van der Waals surface area contributed by atoms with Crippen molar-refractivity contribution in [2.75, 3.05) is 0 Å². The van der Waals surface area contributed by atoms with E-state index in [1.165, 1.54) is 11.1 Å². The molecule has 1 heterocycles. The summed E-state index contributed by atoms with van der Waals surface area (Å²) in [7, 11) is 0. The molecular weight excluding hydrogens is 290 g/mol. The minimum absolute atomic E-state index is 1.03. The fourth-order valence-electron chi connectivity index (χ4n) is 2.84. The van der Waals surface area contributed by atoms with E-state index in [4.69, 9.17) is 0 Å². The minimum Gasteiger partial charge on any atom is -0.248 e. The number of aliphatic imine (C=N–C) groups is 1. The summed E-state index contributed by atoms with van der Waals surface area (Å²) in [4.78, 5) is 4.63. The maximum atomic E-state index is 4.63. The molecule has 0 aromatic heterocycles. The third-order valence-corrected chi connectivity index (χ3v) is 4.22. The highest BCUT2D eigenvalue weighted by Gasteiger charge is 2.17. The second kappa shape index (κ2) is 6.13. The van der Waals surface area contributed by atoms with Gasteiger partial charge in [-0.15, -0.1) is 0 Å². The van der Waals surface area contributed by atoms with Crippen molar-refractivity contribution in [2.24, 2.45) is 4.99 Å². The van der Waals surface area contributed by atoms with E-state index in [-0.39, 0.29) is 0 Å². The van der Waals surface area contributed by atoms with Gasteiger partial charge >= 0.3 is 0 Å². The quantitative estimate of drug-likeness (QED) is 0.569. The Bertz CT molecular complexity index is 948. The topological polar surface area (TPSA) is 12.4 Å². The molecule has 0 spiro atoms. The van der Waals surface area contributed by atoms with Crippen LogP contribution in [-0.2, 0) is 0 Å². The van der Waals surface area contributed by atoms with Crippen LogP contribution in [0.5, 0.6) is 0 Å². The fourth-order valence-corrected chi connectivity index (χ4v) is 2.84. The van der Waals surface area contributed by atoms with Gasteiger partial charge in [-0.1, -0.05) is 85.5 Å². The van der Waals surface area contributed by atoms with E-state index in [2.05, 4.69) is 66.2 Å². The number of hydrogen-bond acceptors (Lipinski definition) is 1. The van der Waals surface area contributed by atoms with E-state index in [1.54, 1.807) is 0 Å². The van der Waals surface area contributed by atoms with Gasteiger partial charge in [-0.05, 0) is 34.4 Å². The van der Waals surface area contributed by atoms with Gasteiger partial charge in [0.05, 0.1) is 11.4 Å². The molecule has 0 unspecified atom stereocenters. The lowest BCUT2D eigenvalue weighted by molar-refractivity contribution is 1.40. The molecule has 3 aromatic rings. The SMILES string of the molecule is C=C(c1ccccc1)c1ccc2c(c1)N=C2/C=C/c1ccccc1. The predicted molar refractivity (Wildman–Crippen MR) is 103 cm³/mol. The number of allylic oxidation sites excluding steroid dienone is 1. The normalized spacial score (nSPS) is 12.4. The molecule has 0 saturated carbocycles. The van der Waals surface area contributed by atoms with Crippen LogP contribution in [-0.4, -0.2) is 5.71 Å². The number of rotatable bonds is 4. The number of benzene rings is 3. The van der Waals surface area contributed by atoms with E-state index in [0.717, 1.165) is 28.1 Å². The van der Waals surface area contributed by atoms with Gasteiger partial charge < -0.3 is 0 Å². The lowest BCUT2D eigenvalue weighted by Gasteiger charge is -2.18. The first kappa shape index (κ1) is 14.4. The molecule has 0 aliphatic carbocycles. The molecule has 1 aliphatic heterocycles. The lowest BCUT2D eigenvalue weighted by Crippen LogP contribution is -2.06. The molecule has 1 nitrogen and oxygen atoms in total. The Kier molecular flexibility index (Phi) is 3.68. The second-order valence-electron chi connectivity index (χ2n) is 5.82. The number of fused-ring (bicyclic) bond motifs is 1. The van der Waals surface area contributed by atoms with Crippen LogP contribution in [0.15, 0.2) is 96.5 Å². The largest absolute Gasteiger partial charge is 0.248 e. The van der Waals surface area contributed by atoms with E-state index < -0.39 is 0 Å². The first-order chi connectivity index (χ1) is 11.8. The molecule has 0 radical (unpaired) electrons. The van der Waals surface area contributed by atoms with Gasteiger partial charge in [0.2, 0.25) is 0 Å². The Morgan fingerprint density at radius 2 is 1.46 bits per heavy atom. The molecular formula is C23H17N. The zero-order valence-electron chi connectivity index (χ0n) is 13.3. The zero-order valence-corrected chi connectivity index (χ0v) is 13.3. The monoisotopic (exact) mass is 307 g/mol. The third kappa shape index (κ3) is 2.72. The van der Waals surface area contributed by atoms with Crippen LogP contribution in [0.4, 0.5) is 5.69 Å². The molecule has 0 atom stereocenters. The van der Waals surface area contributed by atoms with Gasteiger partial charge in [-0.3, -0.25) is 0 Å². The molecule has 0 N–H and O–H groups in total. The Morgan fingerprint density at radius 3 is 2.17 bits per heavy atom. The summed E-state index contributed by atoms with van der Waals surface area (Å²) in [6, 6.07) is 26.9. The Hall–Kier alpha value is -3.19. The maximum Gasteiger partial charge on any atom is 0.0737 e. The number of hydrogen-bond donors (Lipinski definition) is 0. The van der Waals surface area contributed by atoms with Crippen molar-refractivity contribution in [1.82, 2.24) is 0 Å². The molecule has 0 fully saturated rings. The highest BCUT2D eigenvalue weighted by atomic mass is 14.8. The third-order valence-electron chi connectivity index (χ3n) is 4.22. The average Bonchev–Trinajstić information content (AvgIpc) is 2.63. The van der Waals surface area contributed by atoms with Gasteiger partial charge in [0.15, 0.2) is 0 Å². The van der Waals surface area contributed by atoms with E-state index in [1.807, 2.05) is 36.4 Å². The van der Waals surface area contributed by atoms with Gasteiger partial charge in [0.25, 0.3) is 0 Å². The number of nitrogens with zero attached hydrogens (tertiary/aromatic N) is 1. The van der Waals surface area contributed by atoms with Crippen molar-refractivity contribution < 1.29 is 0 Å². The van der Waals surface area contributed by atoms with Crippen LogP contribution < -0.4 is 0 Å². The highest BCUT2D eigenvalue weighted by Crippen LogP contribution is 2.34. The van der Waals surface area contributed by atoms with Crippen molar-refractivity contribution in [1.29, 1.82) is 0 Å². The molecule has 1 aliphatic rings. The van der Waals surface area contributed by atoms with Crippen molar-refractivity contribution in [2.45, 2.75) is 0 Å². The standard InChI is InChI=1S/C23H17N/c1-17(19-10-6-3-7-11-19)20-13-14-21-22(24-23(21)16-20)15-12-18-8-4-2-5-9-18/h2-16H,1H2/b15-12+. The Balaban J connectivity index is 1.54. The fraction of sp³-hybridized carbons (Fsp3) is 0. The van der Waals surface area contributed by atoms with Crippen molar-refractivity contribution in [3.63, 3.8) is 0 Å². The van der Waals surface area contributed by atoms with Crippen molar-refractivity contribution >= 4 is 23.0 Å². The first-order valence-electron chi connectivity index (χ1n) is 8.02. The summed E-state index contributed by atoms with van der Waals surface area (Å²) in [5.41, 5.74) is 7.75. The molecule has 4 rings (SSSR count). The summed E-state index contributed by atoms with van der Waals surface area (Å²) >= 11 is 0. The molecule has 0 saturated heterocycles. The van der Waals surface area contributed by atoms with Crippen LogP contribution in [0.1, 0.15) is 22.3 Å². The van der Waals surface area contributed by atoms with E-state index in [9.17, 15) is 0 Å². The van der Waals surface area contributed by atoms with Crippen LogP contribution in [0.3, 0.4) is 0 Å². The zero-order chi connectivity index (χ0) is 16.4. The highest BCUT2D eigenvalue weighted by molar-refractivity contribution is 6.20. The summed E-state index contributed by atoms with van der Waals surface area (Å²) in [5, 5.41) is 0. The minimum atomic E-state index is 1.03. The van der Waals surface area contributed by atoms with Gasteiger partial charge in [0, 0.05) is 5.56 Å². The second-order valence-corrected chi connectivity index (χ2v) is 5.82. The lowest BCUT2D eigenvalue weighted by atomic mass is 9.94.